The molecule has 0 aliphatic carbocycles. The summed E-state index contributed by atoms with van der Waals surface area (Å²) in [5, 5.41) is 1.46. The molecule has 1 aliphatic rings. The lowest BCUT2D eigenvalue weighted by Gasteiger charge is -2.36. The number of hydrogen-bond acceptors (Lipinski definition) is 7. The Morgan fingerprint density at radius 3 is 2.52 bits per heavy atom. The molecule has 1 aromatic carbocycles. The van der Waals surface area contributed by atoms with Gasteiger partial charge in [0.15, 0.2) is 5.66 Å². The lowest BCUT2D eigenvalue weighted by molar-refractivity contribution is -0.156. The van der Waals surface area contributed by atoms with E-state index in [0.717, 1.165) is 17.1 Å². The number of guanidine groups is 2. The molecule has 23 heavy (non-hydrogen) atoms. The Morgan fingerprint density at radius 2 is 1.91 bits per heavy atom. The monoisotopic (exact) mass is 361 g/mol. The Balaban J connectivity index is 0.00000264. The molecule has 1 aliphatic heterocycles. The van der Waals surface area contributed by atoms with E-state index in [1.54, 1.807) is 23.9 Å². The van der Waals surface area contributed by atoms with Crippen LogP contribution in [0, 0.1) is 5.82 Å². The lowest BCUT2D eigenvalue weighted by Crippen LogP contribution is -2.53. The van der Waals surface area contributed by atoms with Crippen LogP contribution in [-0.4, -0.2) is 35.0 Å². The van der Waals surface area contributed by atoms with Crippen molar-refractivity contribution >= 4 is 36.1 Å². The van der Waals surface area contributed by atoms with Gasteiger partial charge in [-0.05, 0) is 44.5 Å². The summed E-state index contributed by atoms with van der Waals surface area (Å²) < 4.78 is 12.8. The molecule has 0 saturated carbocycles. The Kier molecular flexibility index (Phi) is 7.11. The lowest BCUT2D eigenvalue weighted by atomic mass is 10.2. The molecule has 0 atom stereocenters. The third-order valence-electron chi connectivity index (χ3n) is 2.91. The number of rotatable bonds is 6. The number of nitrogens with two attached hydrogens (primary N) is 2. The first kappa shape index (κ1) is 19.5. The minimum atomic E-state index is -0.681. The molecule has 9 heteroatoms. The van der Waals surface area contributed by atoms with Gasteiger partial charge in [0.25, 0.3) is 0 Å². The average Bonchev–Trinajstić information content (AvgIpc) is 2.42. The van der Waals surface area contributed by atoms with Crippen LogP contribution in [0.25, 0.3) is 0 Å². The molecule has 4 N–H and O–H groups in total. The van der Waals surface area contributed by atoms with Crippen LogP contribution in [0.4, 0.5) is 4.39 Å². The first-order valence-corrected chi connectivity index (χ1v) is 7.88. The highest BCUT2D eigenvalue weighted by Gasteiger charge is 2.32. The van der Waals surface area contributed by atoms with Gasteiger partial charge in [-0.3, -0.25) is 4.84 Å². The van der Waals surface area contributed by atoms with Crippen molar-refractivity contribution in [1.29, 1.82) is 0 Å². The highest BCUT2D eigenvalue weighted by molar-refractivity contribution is 7.99. The van der Waals surface area contributed by atoms with Crippen molar-refractivity contribution in [1.82, 2.24) is 5.06 Å². The highest BCUT2D eigenvalue weighted by Crippen LogP contribution is 2.21. The van der Waals surface area contributed by atoms with E-state index in [0.29, 0.717) is 6.61 Å². The molecule has 0 fully saturated rings. The number of benzene rings is 1. The first-order chi connectivity index (χ1) is 10.4. The van der Waals surface area contributed by atoms with Gasteiger partial charge in [0.2, 0.25) is 11.9 Å². The van der Waals surface area contributed by atoms with Gasteiger partial charge in [0.1, 0.15) is 5.82 Å². The van der Waals surface area contributed by atoms with E-state index >= 15 is 0 Å². The minimum absolute atomic E-state index is 0. The number of halogens is 2. The zero-order valence-electron chi connectivity index (χ0n) is 13.0. The number of hydrogen-bond donors (Lipinski definition) is 2. The summed E-state index contributed by atoms with van der Waals surface area (Å²) in [4.78, 5) is 14.8. The average molecular weight is 362 g/mol. The molecule has 0 unspecified atom stereocenters. The van der Waals surface area contributed by atoms with Gasteiger partial charge in [-0.1, -0.05) is 0 Å². The zero-order valence-corrected chi connectivity index (χ0v) is 14.7. The quantitative estimate of drug-likeness (QED) is 0.599. The number of aliphatic imine (C=N–C) groups is 2. The van der Waals surface area contributed by atoms with Crippen LogP contribution in [0.2, 0.25) is 0 Å². The van der Waals surface area contributed by atoms with E-state index in [9.17, 15) is 4.39 Å². The summed E-state index contributed by atoms with van der Waals surface area (Å²) in [6.45, 7) is 4.16. The number of nitrogens with zero attached hydrogens (tertiary/aromatic N) is 3. The fourth-order valence-corrected chi connectivity index (χ4v) is 2.78. The van der Waals surface area contributed by atoms with E-state index < -0.39 is 5.66 Å². The summed E-state index contributed by atoms with van der Waals surface area (Å²) >= 11 is 1.64. The number of thioether (sulfide) groups is 1. The molecule has 0 saturated heterocycles. The summed E-state index contributed by atoms with van der Waals surface area (Å²) in [6, 6.07) is 6.43. The van der Waals surface area contributed by atoms with Crippen LogP contribution < -0.4 is 11.5 Å². The third-order valence-corrected chi connectivity index (χ3v) is 4.01. The molecule has 0 aromatic heterocycles. The van der Waals surface area contributed by atoms with Crippen LogP contribution >= 0.6 is 24.2 Å². The van der Waals surface area contributed by atoms with Crippen molar-refractivity contribution < 1.29 is 9.23 Å². The smallest absolute Gasteiger partial charge is 0.226 e. The second-order valence-electron chi connectivity index (χ2n) is 5.22. The molecular formula is C14H21ClFN5OS. The zero-order chi connectivity index (χ0) is 16.2. The molecule has 0 radical (unpaired) electrons. The molecule has 6 nitrogen and oxygen atoms in total. The van der Waals surface area contributed by atoms with E-state index in [1.807, 2.05) is 13.8 Å². The van der Waals surface area contributed by atoms with E-state index in [4.69, 9.17) is 16.3 Å². The van der Waals surface area contributed by atoms with Gasteiger partial charge in [0, 0.05) is 10.6 Å². The molecule has 0 bridgehead atoms. The Bertz CT molecular complexity index is 579. The molecule has 2 rings (SSSR count). The van der Waals surface area contributed by atoms with Crippen molar-refractivity contribution in [3.63, 3.8) is 0 Å². The predicted molar refractivity (Wildman–Crippen MR) is 94.1 cm³/mol. The molecule has 0 spiro atoms. The molecule has 1 heterocycles. The minimum Gasteiger partial charge on any atom is -0.368 e. The van der Waals surface area contributed by atoms with Crippen molar-refractivity contribution in [3.8, 4) is 0 Å². The summed E-state index contributed by atoms with van der Waals surface area (Å²) in [5.74, 6) is 0.968. The van der Waals surface area contributed by atoms with Crippen molar-refractivity contribution in [3.05, 3.63) is 30.1 Å². The molecule has 1 aromatic rings. The van der Waals surface area contributed by atoms with E-state index in [2.05, 4.69) is 9.98 Å². The fourth-order valence-electron chi connectivity index (χ4n) is 1.95. The predicted octanol–water partition coefficient (Wildman–Crippen LogP) is 2.34. The van der Waals surface area contributed by atoms with Gasteiger partial charge in [-0.15, -0.1) is 24.2 Å². The molecule has 0 amide bonds. The van der Waals surface area contributed by atoms with Crippen LogP contribution in [0.3, 0.4) is 0 Å². The Morgan fingerprint density at radius 1 is 1.26 bits per heavy atom. The standard InChI is InChI=1S/C14H20FN5OS.ClH/c1-14(2)19-12(16)18-13(17)20(14)21-8-3-9-22-11-6-4-10(15)5-7-11;/h4-7H,3,8-9H2,1-2H3,(H4,16,17,18,19);1H. The largest absolute Gasteiger partial charge is 0.368 e. The second-order valence-corrected chi connectivity index (χ2v) is 6.39. The van der Waals surface area contributed by atoms with Gasteiger partial charge in [-0.25, -0.2) is 9.38 Å². The molecule has 128 valence electrons. The van der Waals surface area contributed by atoms with Crippen molar-refractivity contribution in [2.45, 2.75) is 30.8 Å². The van der Waals surface area contributed by atoms with E-state index in [1.165, 1.54) is 17.2 Å². The Labute approximate surface area is 145 Å². The fraction of sp³-hybridized carbons (Fsp3) is 0.429. The van der Waals surface area contributed by atoms with Gasteiger partial charge >= 0.3 is 0 Å². The van der Waals surface area contributed by atoms with Crippen molar-refractivity contribution in [2.24, 2.45) is 21.5 Å². The topological polar surface area (TPSA) is 89.2 Å². The highest BCUT2D eigenvalue weighted by atomic mass is 35.5. The van der Waals surface area contributed by atoms with Crippen molar-refractivity contribution in [2.75, 3.05) is 12.4 Å². The van der Waals surface area contributed by atoms with Gasteiger partial charge < -0.3 is 11.5 Å². The van der Waals surface area contributed by atoms with E-state index in [-0.39, 0.29) is 30.1 Å². The van der Waals surface area contributed by atoms with Gasteiger partial charge in [-0.2, -0.15) is 10.1 Å². The summed E-state index contributed by atoms with van der Waals surface area (Å²) in [7, 11) is 0. The normalized spacial score (nSPS) is 16.4. The maximum atomic E-state index is 12.8. The second kappa shape index (κ2) is 8.37. The first-order valence-electron chi connectivity index (χ1n) is 6.89. The SMILES string of the molecule is CC1(C)N=C(N)N=C(N)N1OCCCSc1ccc(F)cc1.Cl. The summed E-state index contributed by atoms with van der Waals surface area (Å²) in [5.41, 5.74) is 10.7. The van der Waals surface area contributed by atoms with Gasteiger partial charge in [0.05, 0.1) is 6.61 Å². The number of hydroxylamine groups is 2. The van der Waals surface area contributed by atoms with Crippen LogP contribution in [0.5, 0.6) is 0 Å². The van der Waals surface area contributed by atoms with Crippen LogP contribution in [0.1, 0.15) is 20.3 Å². The maximum absolute atomic E-state index is 12.8. The summed E-state index contributed by atoms with van der Waals surface area (Å²) in [6.07, 6.45) is 0.807. The molecular weight excluding hydrogens is 341 g/mol. The third kappa shape index (κ3) is 5.56. The van der Waals surface area contributed by atoms with Crippen LogP contribution in [-0.2, 0) is 4.84 Å². The Hall–Kier alpha value is -1.51. The maximum Gasteiger partial charge on any atom is 0.226 e. The van der Waals surface area contributed by atoms with Crippen LogP contribution in [0.15, 0.2) is 39.1 Å².